The van der Waals surface area contributed by atoms with Gasteiger partial charge >= 0.3 is 0 Å². The fourth-order valence-electron chi connectivity index (χ4n) is 10.1. The molecule has 4 heteroatoms. The molecule has 2 aliphatic heterocycles. The maximum absolute atomic E-state index is 13.4. The Balaban J connectivity index is 1.73. The normalized spacial score (nSPS) is 14.1. The highest BCUT2D eigenvalue weighted by molar-refractivity contribution is 6.17. The van der Waals surface area contributed by atoms with Crippen molar-refractivity contribution in [2.45, 2.75) is 297 Å². The van der Waals surface area contributed by atoms with Gasteiger partial charge < -0.3 is 9.80 Å². The lowest BCUT2D eigenvalue weighted by Gasteiger charge is -2.19. The van der Waals surface area contributed by atoms with Crippen molar-refractivity contribution in [3.05, 3.63) is 23.5 Å². The number of hydrogen-bond donors (Lipinski definition) is 0. The van der Waals surface area contributed by atoms with Gasteiger partial charge in [-0.3, -0.25) is 9.59 Å². The van der Waals surface area contributed by atoms with E-state index in [4.69, 9.17) is 0 Å². The van der Waals surface area contributed by atoms with Gasteiger partial charge in [0, 0.05) is 25.5 Å². The van der Waals surface area contributed by atoms with Crippen LogP contribution in [0.5, 0.6) is 0 Å². The molecule has 0 radical (unpaired) electrons. The Kier molecular flexibility index (Phi) is 35.5. The van der Waals surface area contributed by atoms with Crippen molar-refractivity contribution in [2.24, 2.45) is 11.8 Å². The van der Waals surface area contributed by atoms with E-state index in [1.165, 1.54) is 257 Å². The molecule has 2 aliphatic rings. The number of fused-ring (bicyclic) bond motifs is 1. The Morgan fingerprint density at radius 2 is 0.500 bits per heavy atom. The molecular weight excluding hydrogens is 733 g/mol. The molecule has 0 bridgehead atoms. The van der Waals surface area contributed by atoms with E-state index in [2.05, 4.69) is 27.7 Å². The van der Waals surface area contributed by atoms with Crippen LogP contribution in [0.2, 0.25) is 0 Å². The summed E-state index contributed by atoms with van der Waals surface area (Å²) < 4.78 is 0. The van der Waals surface area contributed by atoms with Gasteiger partial charge in [0.2, 0.25) is 0 Å². The van der Waals surface area contributed by atoms with Crippen LogP contribution < -0.4 is 0 Å². The largest absolute Gasteiger partial charge is 0.314 e. The summed E-state index contributed by atoms with van der Waals surface area (Å²) in [5, 5.41) is 0. The highest BCUT2D eigenvalue weighted by Gasteiger charge is 2.38. The van der Waals surface area contributed by atoms with E-state index in [0.29, 0.717) is 11.1 Å². The number of rotatable bonds is 46. The zero-order chi connectivity index (χ0) is 43.1. The third-order valence-electron chi connectivity index (χ3n) is 14.2. The van der Waals surface area contributed by atoms with Crippen LogP contribution in [0.25, 0.3) is 0 Å². The summed E-state index contributed by atoms with van der Waals surface area (Å²) in [7, 11) is 0. The highest BCUT2D eigenvalue weighted by atomic mass is 16.2. The molecule has 2 heterocycles. The fraction of sp³-hybridized carbons (Fsp3) is 0.893. The lowest BCUT2D eigenvalue weighted by molar-refractivity contribution is -0.124. The molecule has 0 spiro atoms. The van der Waals surface area contributed by atoms with E-state index in [1.807, 2.05) is 22.2 Å². The van der Waals surface area contributed by atoms with Crippen LogP contribution in [0.4, 0.5) is 0 Å². The van der Waals surface area contributed by atoms with Crippen LogP contribution in [-0.4, -0.2) is 34.7 Å². The molecule has 0 saturated heterocycles. The molecule has 0 saturated carbocycles. The van der Waals surface area contributed by atoms with Crippen molar-refractivity contribution in [1.29, 1.82) is 0 Å². The summed E-state index contributed by atoms with van der Waals surface area (Å²) in [6, 6.07) is 0. The highest BCUT2D eigenvalue weighted by Crippen LogP contribution is 2.32. The van der Waals surface area contributed by atoms with Crippen LogP contribution >= 0.6 is 0 Å². The smallest absolute Gasteiger partial charge is 0.260 e. The Morgan fingerprint density at radius 1 is 0.300 bits per heavy atom. The number of unbranched alkanes of at least 4 members (excludes halogenated alkanes) is 30. The molecule has 0 fully saturated rings. The molecule has 4 nitrogen and oxygen atoms in total. The van der Waals surface area contributed by atoms with E-state index in [-0.39, 0.29) is 11.8 Å². The second-order valence-corrected chi connectivity index (χ2v) is 19.9. The summed E-state index contributed by atoms with van der Waals surface area (Å²) in [5.41, 5.74) is 1.29. The quantitative estimate of drug-likeness (QED) is 0.0573. The number of nitrogens with zero attached hydrogens (tertiary/aromatic N) is 2. The second kappa shape index (κ2) is 39.0. The van der Waals surface area contributed by atoms with Crippen LogP contribution in [-0.2, 0) is 9.59 Å². The first-order chi connectivity index (χ1) is 29.5. The first-order valence-electron chi connectivity index (χ1n) is 27.6. The molecule has 350 valence electrons. The van der Waals surface area contributed by atoms with Gasteiger partial charge in [-0.1, -0.05) is 285 Å². The molecular formula is C56H104N2O2. The van der Waals surface area contributed by atoms with E-state index in [0.717, 1.165) is 37.8 Å². The standard InChI is InChI=1S/C56H104N2O2/c1-5-9-13-17-21-25-29-33-41-51(42-34-30-26-22-18-14-10-6-2)45-37-39-47-57-49-53-54(55(57)59)50-58(56(53)60)48-40-38-46-52(43-35-31-27-23-19-15-11-7-3)44-36-32-28-24-20-16-12-8-4/h49-52H,5-48H2,1-4H3. The fourth-order valence-corrected chi connectivity index (χ4v) is 10.1. The third kappa shape index (κ3) is 26.8. The average Bonchev–Trinajstić information content (AvgIpc) is 3.74. The molecule has 60 heavy (non-hydrogen) atoms. The molecule has 0 aromatic carbocycles. The van der Waals surface area contributed by atoms with Crippen molar-refractivity contribution in [3.63, 3.8) is 0 Å². The Bertz CT molecular complexity index is 955. The van der Waals surface area contributed by atoms with Gasteiger partial charge in [-0.2, -0.15) is 0 Å². The minimum Gasteiger partial charge on any atom is -0.314 e. The van der Waals surface area contributed by atoms with Crippen molar-refractivity contribution in [1.82, 2.24) is 9.80 Å². The Labute approximate surface area is 375 Å². The minimum atomic E-state index is 0.0473. The maximum atomic E-state index is 13.4. The van der Waals surface area contributed by atoms with Crippen LogP contribution in [0.1, 0.15) is 297 Å². The molecule has 0 aromatic heterocycles. The Hall–Kier alpha value is -1.58. The van der Waals surface area contributed by atoms with Crippen molar-refractivity contribution in [2.75, 3.05) is 13.1 Å². The van der Waals surface area contributed by atoms with Gasteiger partial charge in [0.15, 0.2) is 0 Å². The number of carbonyl (C=O) groups excluding carboxylic acids is 2. The van der Waals surface area contributed by atoms with Gasteiger partial charge in [0.25, 0.3) is 11.8 Å². The first kappa shape index (κ1) is 54.6. The molecule has 0 unspecified atom stereocenters. The SMILES string of the molecule is CCCCCCCCCCC(CCCCCCCCCC)CCCCN1C=C2C(=O)N(CCCCC(CCCCCCCCCC)CCCCCCCCCC)C=C2C1=O. The molecule has 2 rings (SSSR count). The van der Waals surface area contributed by atoms with Gasteiger partial charge in [-0.15, -0.1) is 0 Å². The molecule has 0 atom stereocenters. The van der Waals surface area contributed by atoms with Crippen LogP contribution in [0.15, 0.2) is 23.5 Å². The monoisotopic (exact) mass is 837 g/mol. The van der Waals surface area contributed by atoms with E-state index >= 15 is 0 Å². The lowest BCUT2D eigenvalue weighted by Crippen LogP contribution is -2.26. The van der Waals surface area contributed by atoms with Crippen LogP contribution in [0.3, 0.4) is 0 Å². The maximum Gasteiger partial charge on any atom is 0.260 e. The topological polar surface area (TPSA) is 40.6 Å². The Morgan fingerprint density at radius 3 is 0.733 bits per heavy atom. The lowest BCUT2D eigenvalue weighted by atomic mass is 9.89. The van der Waals surface area contributed by atoms with Crippen LogP contribution in [0, 0.1) is 11.8 Å². The molecule has 2 amide bonds. The number of amides is 2. The number of hydrogen-bond acceptors (Lipinski definition) is 2. The van der Waals surface area contributed by atoms with E-state index < -0.39 is 0 Å². The first-order valence-corrected chi connectivity index (χ1v) is 27.6. The average molecular weight is 837 g/mol. The summed E-state index contributed by atoms with van der Waals surface area (Å²) in [5.74, 6) is 1.76. The summed E-state index contributed by atoms with van der Waals surface area (Å²) >= 11 is 0. The zero-order valence-electron chi connectivity index (χ0n) is 41.1. The van der Waals surface area contributed by atoms with Gasteiger partial charge in [0.1, 0.15) is 0 Å². The molecule has 0 N–H and O–H groups in total. The van der Waals surface area contributed by atoms with E-state index in [1.54, 1.807) is 0 Å². The van der Waals surface area contributed by atoms with Gasteiger partial charge in [-0.25, -0.2) is 0 Å². The van der Waals surface area contributed by atoms with E-state index in [9.17, 15) is 9.59 Å². The minimum absolute atomic E-state index is 0.0473. The van der Waals surface area contributed by atoms with Gasteiger partial charge in [0.05, 0.1) is 11.1 Å². The summed E-state index contributed by atoms with van der Waals surface area (Å²) in [6.07, 6.45) is 61.0. The predicted octanol–water partition coefficient (Wildman–Crippen LogP) is 18.1. The molecule has 0 aliphatic carbocycles. The molecule has 0 aromatic rings. The zero-order valence-corrected chi connectivity index (χ0v) is 41.1. The number of carbonyl (C=O) groups is 2. The summed E-state index contributed by atoms with van der Waals surface area (Å²) in [4.78, 5) is 30.6. The predicted molar refractivity (Wildman–Crippen MR) is 263 cm³/mol. The van der Waals surface area contributed by atoms with Crippen molar-refractivity contribution in [3.8, 4) is 0 Å². The third-order valence-corrected chi connectivity index (χ3v) is 14.2. The van der Waals surface area contributed by atoms with Crippen molar-refractivity contribution >= 4 is 11.8 Å². The van der Waals surface area contributed by atoms with Crippen molar-refractivity contribution < 1.29 is 9.59 Å². The van der Waals surface area contributed by atoms with Gasteiger partial charge in [-0.05, 0) is 24.7 Å². The second-order valence-electron chi connectivity index (χ2n) is 19.9. The summed E-state index contributed by atoms with van der Waals surface area (Å²) in [6.45, 7) is 10.7.